The van der Waals surface area contributed by atoms with Gasteiger partial charge in [-0.25, -0.2) is 0 Å². The predicted octanol–water partition coefficient (Wildman–Crippen LogP) is 1.07. The molecule has 1 aliphatic carbocycles. The molecular weight excluding hydrogens is 194 g/mol. The molecule has 0 aromatic carbocycles. The highest BCUT2D eigenvalue weighted by atomic mass is 16.1. The molecule has 6 heteroatoms. The highest BCUT2D eigenvalue weighted by Crippen LogP contribution is 2.29. The van der Waals surface area contributed by atoms with Gasteiger partial charge in [-0.05, 0) is 31.3 Å². The Labute approximate surface area is 88.8 Å². The molecule has 0 unspecified atom stereocenters. The van der Waals surface area contributed by atoms with Crippen molar-refractivity contribution in [2.45, 2.75) is 37.6 Å². The number of nitrogens with two attached hydrogens (primary N) is 1. The molecule has 1 fully saturated rings. The lowest BCUT2D eigenvalue weighted by molar-refractivity contribution is -0.124. The van der Waals surface area contributed by atoms with Gasteiger partial charge in [0.05, 0.1) is 5.54 Å². The van der Waals surface area contributed by atoms with Gasteiger partial charge in [-0.2, -0.15) is 0 Å². The molecule has 1 saturated carbocycles. The van der Waals surface area contributed by atoms with Crippen molar-refractivity contribution >= 4 is 5.91 Å². The van der Waals surface area contributed by atoms with Crippen LogP contribution in [0.2, 0.25) is 0 Å². The Bertz CT molecular complexity index is 266. The van der Waals surface area contributed by atoms with Crippen LogP contribution in [0.25, 0.3) is 10.4 Å². The van der Waals surface area contributed by atoms with Crippen molar-refractivity contribution in [1.29, 1.82) is 0 Å². The van der Waals surface area contributed by atoms with E-state index >= 15 is 0 Å². The lowest BCUT2D eigenvalue weighted by Crippen LogP contribution is -2.53. The Balaban J connectivity index is 2.33. The second-order valence-corrected chi connectivity index (χ2v) is 3.89. The molecule has 15 heavy (non-hydrogen) atoms. The van der Waals surface area contributed by atoms with Crippen molar-refractivity contribution in [2.24, 2.45) is 10.8 Å². The third-order valence-corrected chi connectivity index (χ3v) is 2.89. The van der Waals surface area contributed by atoms with Gasteiger partial charge < -0.3 is 11.1 Å². The van der Waals surface area contributed by atoms with Crippen molar-refractivity contribution in [3.8, 4) is 0 Å². The number of amides is 1. The van der Waals surface area contributed by atoms with Crippen LogP contribution in [0.1, 0.15) is 32.1 Å². The molecule has 0 aromatic rings. The molecule has 0 aromatic heterocycles. The molecule has 6 nitrogen and oxygen atoms in total. The quantitative estimate of drug-likeness (QED) is 0.297. The topological polar surface area (TPSA) is 104 Å². The lowest BCUT2D eigenvalue weighted by Gasteiger charge is -2.26. The van der Waals surface area contributed by atoms with Gasteiger partial charge in [-0.1, -0.05) is 18.0 Å². The number of hydrogen-bond donors (Lipinski definition) is 2. The zero-order valence-corrected chi connectivity index (χ0v) is 8.78. The molecule has 0 atom stereocenters. The maximum absolute atomic E-state index is 11.3. The van der Waals surface area contributed by atoms with Crippen LogP contribution in [0.3, 0.4) is 0 Å². The van der Waals surface area contributed by atoms with Crippen molar-refractivity contribution in [2.75, 3.05) is 13.1 Å². The molecule has 0 bridgehead atoms. The van der Waals surface area contributed by atoms with Crippen LogP contribution >= 0.6 is 0 Å². The maximum atomic E-state index is 11.3. The zero-order valence-electron chi connectivity index (χ0n) is 8.78. The summed E-state index contributed by atoms with van der Waals surface area (Å²) in [6.07, 6.45) is 4.48. The largest absolute Gasteiger partial charge is 0.368 e. The number of primary amides is 1. The summed E-state index contributed by atoms with van der Waals surface area (Å²) in [5, 5.41) is 6.62. The summed E-state index contributed by atoms with van der Waals surface area (Å²) in [5.41, 5.74) is 13.0. The number of hydrogen-bond acceptors (Lipinski definition) is 3. The maximum Gasteiger partial charge on any atom is 0.237 e. The third-order valence-electron chi connectivity index (χ3n) is 2.89. The fraction of sp³-hybridized carbons (Fsp3) is 0.889. The van der Waals surface area contributed by atoms with Gasteiger partial charge in [0.25, 0.3) is 0 Å². The third kappa shape index (κ3) is 3.11. The average Bonchev–Trinajstić information content (AvgIpc) is 2.67. The van der Waals surface area contributed by atoms with Crippen molar-refractivity contribution < 1.29 is 4.79 Å². The fourth-order valence-electron chi connectivity index (χ4n) is 2.01. The monoisotopic (exact) mass is 211 g/mol. The van der Waals surface area contributed by atoms with Crippen molar-refractivity contribution in [1.82, 2.24) is 5.32 Å². The highest BCUT2D eigenvalue weighted by molar-refractivity contribution is 5.84. The summed E-state index contributed by atoms with van der Waals surface area (Å²) in [7, 11) is 0. The SMILES string of the molecule is [N-]=[N+]=NCCCNC1(C(N)=O)CCCC1. The fourth-order valence-corrected chi connectivity index (χ4v) is 2.01. The van der Waals surface area contributed by atoms with Crippen LogP contribution < -0.4 is 11.1 Å². The minimum Gasteiger partial charge on any atom is -0.368 e. The van der Waals surface area contributed by atoms with Crippen LogP contribution in [0.5, 0.6) is 0 Å². The number of carbonyl (C=O) groups is 1. The van der Waals surface area contributed by atoms with E-state index < -0.39 is 5.54 Å². The van der Waals surface area contributed by atoms with E-state index in [2.05, 4.69) is 15.3 Å². The van der Waals surface area contributed by atoms with Gasteiger partial charge in [-0.15, -0.1) is 0 Å². The van der Waals surface area contributed by atoms with E-state index in [1.165, 1.54) is 0 Å². The highest BCUT2D eigenvalue weighted by Gasteiger charge is 2.38. The van der Waals surface area contributed by atoms with Gasteiger partial charge in [0.15, 0.2) is 0 Å². The number of nitrogens with one attached hydrogen (secondary N) is 1. The molecule has 1 aliphatic rings. The standard InChI is InChI=1S/C9H17N5O/c10-8(15)9(4-1-2-5-9)12-6-3-7-13-14-11/h12H,1-7H2,(H2,10,15). The van der Waals surface area contributed by atoms with Crippen LogP contribution in [-0.4, -0.2) is 24.5 Å². The van der Waals surface area contributed by atoms with Crippen LogP contribution in [-0.2, 0) is 4.79 Å². The summed E-state index contributed by atoms with van der Waals surface area (Å²) in [6, 6.07) is 0. The van der Waals surface area contributed by atoms with E-state index in [0.717, 1.165) is 32.1 Å². The molecule has 0 spiro atoms. The summed E-state index contributed by atoms with van der Waals surface area (Å²) in [4.78, 5) is 14.0. The molecule has 1 rings (SSSR count). The number of rotatable bonds is 6. The predicted molar refractivity (Wildman–Crippen MR) is 57.0 cm³/mol. The van der Waals surface area contributed by atoms with Gasteiger partial charge in [0.2, 0.25) is 5.91 Å². The van der Waals surface area contributed by atoms with Gasteiger partial charge in [0.1, 0.15) is 0 Å². The lowest BCUT2D eigenvalue weighted by atomic mass is 9.96. The van der Waals surface area contributed by atoms with E-state index in [1.54, 1.807) is 0 Å². The number of nitrogens with zero attached hydrogens (tertiary/aromatic N) is 3. The summed E-state index contributed by atoms with van der Waals surface area (Å²) >= 11 is 0. The smallest absolute Gasteiger partial charge is 0.237 e. The Morgan fingerprint density at radius 3 is 2.73 bits per heavy atom. The normalized spacial score (nSPS) is 18.4. The minimum absolute atomic E-state index is 0.260. The second-order valence-electron chi connectivity index (χ2n) is 3.89. The molecule has 1 amide bonds. The van der Waals surface area contributed by atoms with E-state index in [9.17, 15) is 4.79 Å². The summed E-state index contributed by atoms with van der Waals surface area (Å²) in [6.45, 7) is 1.13. The Morgan fingerprint density at radius 2 is 2.20 bits per heavy atom. The van der Waals surface area contributed by atoms with Gasteiger partial charge >= 0.3 is 0 Å². The van der Waals surface area contributed by atoms with E-state index in [1.807, 2.05) is 0 Å². The zero-order chi connectivity index (χ0) is 11.1. The summed E-state index contributed by atoms with van der Waals surface area (Å²) < 4.78 is 0. The van der Waals surface area contributed by atoms with E-state index in [4.69, 9.17) is 11.3 Å². The first-order chi connectivity index (χ1) is 7.21. The molecule has 3 N–H and O–H groups in total. The van der Waals surface area contributed by atoms with E-state index in [-0.39, 0.29) is 5.91 Å². The van der Waals surface area contributed by atoms with Crippen molar-refractivity contribution in [3.63, 3.8) is 0 Å². The Kier molecular flexibility index (Phi) is 4.39. The molecular formula is C9H17N5O. The Hall–Kier alpha value is -1.26. The second kappa shape index (κ2) is 5.58. The number of azide groups is 1. The molecule has 0 heterocycles. The van der Waals surface area contributed by atoms with Gasteiger partial charge in [-0.3, -0.25) is 4.79 Å². The van der Waals surface area contributed by atoms with Crippen LogP contribution in [0.4, 0.5) is 0 Å². The van der Waals surface area contributed by atoms with Crippen molar-refractivity contribution in [3.05, 3.63) is 10.4 Å². The molecule has 84 valence electrons. The minimum atomic E-state index is -0.504. The first-order valence-corrected chi connectivity index (χ1v) is 5.27. The first kappa shape index (κ1) is 11.8. The van der Waals surface area contributed by atoms with Gasteiger partial charge in [0, 0.05) is 11.5 Å². The Morgan fingerprint density at radius 1 is 1.53 bits per heavy atom. The average molecular weight is 211 g/mol. The van der Waals surface area contributed by atoms with Crippen LogP contribution in [0.15, 0.2) is 5.11 Å². The number of carbonyl (C=O) groups excluding carboxylic acids is 1. The summed E-state index contributed by atoms with van der Waals surface area (Å²) in [5.74, 6) is -0.260. The first-order valence-electron chi connectivity index (χ1n) is 5.27. The van der Waals surface area contributed by atoms with Crippen LogP contribution in [0, 0.1) is 0 Å². The molecule has 0 saturated heterocycles. The molecule has 0 radical (unpaired) electrons. The van der Waals surface area contributed by atoms with E-state index in [0.29, 0.717) is 13.1 Å². The molecule has 0 aliphatic heterocycles.